The monoisotopic (exact) mass is 281 g/mol. The third-order valence-corrected chi connectivity index (χ3v) is 3.96. The predicted octanol–water partition coefficient (Wildman–Crippen LogP) is 3.41. The van der Waals surface area contributed by atoms with Gasteiger partial charge in [-0.15, -0.1) is 0 Å². The van der Waals surface area contributed by atoms with Crippen LogP contribution in [-0.4, -0.2) is 11.0 Å². The Labute approximate surface area is 127 Å². The molecular formula is C18H23N3. The quantitative estimate of drug-likeness (QED) is 0.931. The molecular weight excluding hydrogens is 258 g/mol. The van der Waals surface area contributed by atoms with E-state index in [-0.39, 0.29) is 0 Å². The van der Waals surface area contributed by atoms with Gasteiger partial charge in [-0.1, -0.05) is 38.1 Å². The van der Waals surface area contributed by atoms with Gasteiger partial charge in [0.2, 0.25) is 0 Å². The van der Waals surface area contributed by atoms with Crippen LogP contribution in [0.25, 0.3) is 0 Å². The van der Waals surface area contributed by atoms with Gasteiger partial charge >= 0.3 is 0 Å². The highest BCUT2D eigenvalue weighted by atomic mass is 15.2. The smallest absolute Gasteiger partial charge is 0.132 e. The van der Waals surface area contributed by atoms with Gasteiger partial charge in [0.05, 0.1) is 0 Å². The third-order valence-electron chi connectivity index (χ3n) is 3.96. The molecule has 0 amide bonds. The molecule has 0 aliphatic carbocycles. The lowest BCUT2D eigenvalue weighted by molar-refractivity contribution is 0.587. The van der Waals surface area contributed by atoms with Gasteiger partial charge in [-0.25, -0.2) is 4.98 Å². The normalized spacial score (nSPS) is 13.8. The molecule has 0 spiro atoms. The Hall–Kier alpha value is -1.87. The number of benzene rings is 1. The molecule has 1 aromatic carbocycles. The van der Waals surface area contributed by atoms with E-state index < -0.39 is 0 Å². The van der Waals surface area contributed by atoms with Gasteiger partial charge in [0, 0.05) is 31.9 Å². The van der Waals surface area contributed by atoms with E-state index in [2.05, 4.69) is 61.3 Å². The molecule has 1 aliphatic heterocycles. The highest BCUT2D eigenvalue weighted by Gasteiger charge is 2.20. The van der Waals surface area contributed by atoms with Crippen LogP contribution < -0.4 is 10.2 Å². The highest BCUT2D eigenvalue weighted by molar-refractivity contribution is 5.52. The Kier molecular flexibility index (Phi) is 3.93. The fraction of sp³-hybridized carbons (Fsp3) is 0.389. The summed E-state index contributed by atoms with van der Waals surface area (Å²) in [5, 5.41) is 3.44. The van der Waals surface area contributed by atoms with E-state index >= 15 is 0 Å². The van der Waals surface area contributed by atoms with Crippen molar-refractivity contribution in [2.45, 2.75) is 46.4 Å². The van der Waals surface area contributed by atoms with Gasteiger partial charge in [-0.05, 0) is 35.2 Å². The van der Waals surface area contributed by atoms with E-state index in [0.717, 1.165) is 25.5 Å². The third kappa shape index (κ3) is 3.08. The number of fused-ring (bicyclic) bond motifs is 1. The number of pyridine rings is 1. The molecule has 3 heteroatoms. The zero-order chi connectivity index (χ0) is 14.8. The van der Waals surface area contributed by atoms with Crippen LogP contribution in [0, 0.1) is 6.92 Å². The fourth-order valence-corrected chi connectivity index (χ4v) is 2.86. The molecule has 3 nitrogen and oxygen atoms in total. The van der Waals surface area contributed by atoms with Crippen molar-refractivity contribution in [1.82, 2.24) is 10.3 Å². The second kappa shape index (κ2) is 5.86. The van der Waals surface area contributed by atoms with E-state index in [9.17, 15) is 0 Å². The van der Waals surface area contributed by atoms with Crippen LogP contribution in [0.4, 0.5) is 5.82 Å². The van der Waals surface area contributed by atoms with Crippen molar-refractivity contribution in [3.63, 3.8) is 0 Å². The highest BCUT2D eigenvalue weighted by Crippen LogP contribution is 2.28. The van der Waals surface area contributed by atoms with Crippen molar-refractivity contribution in [3.8, 4) is 0 Å². The summed E-state index contributed by atoms with van der Waals surface area (Å²) >= 11 is 0. The number of aryl methyl sites for hydroxylation is 1. The Balaban J connectivity index is 1.75. The molecule has 0 bridgehead atoms. The summed E-state index contributed by atoms with van der Waals surface area (Å²) in [6.45, 7) is 9.30. The summed E-state index contributed by atoms with van der Waals surface area (Å²) in [6, 6.07) is 11.4. The van der Waals surface area contributed by atoms with E-state index in [1.165, 1.54) is 22.3 Å². The molecule has 2 aromatic rings. The first-order valence-corrected chi connectivity index (χ1v) is 7.64. The number of rotatable bonds is 4. The predicted molar refractivity (Wildman–Crippen MR) is 87.3 cm³/mol. The molecule has 1 aliphatic rings. The molecule has 0 saturated carbocycles. The molecule has 0 atom stereocenters. The number of anilines is 1. The Bertz CT molecular complexity index is 609. The van der Waals surface area contributed by atoms with Crippen molar-refractivity contribution < 1.29 is 0 Å². The minimum absolute atomic E-state index is 0.498. The van der Waals surface area contributed by atoms with Crippen molar-refractivity contribution in [1.29, 1.82) is 0 Å². The maximum Gasteiger partial charge on any atom is 0.132 e. The zero-order valence-electron chi connectivity index (χ0n) is 13.1. The van der Waals surface area contributed by atoms with Crippen LogP contribution in [-0.2, 0) is 19.6 Å². The number of nitrogens with one attached hydrogen (secondary N) is 1. The minimum Gasteiger partial charge on any atom is -0.348 e. The first-order chi connectivity index (χ1) is 10.1. The molecule has 110 valence electrons. The van der Waals surface area contributed by atoms with Crippen LogP contribution in [0.2, 0.25) is 0 Å². The molecule has 0 radical (unpaired) electrons. The number of hydrogen-bond acceptors (Lipinski definition) is 3. The minimum atomic E-state index is 0.498. The van der Waals surface area contributed by atoms with Gasteiger partial charge in [0.1, 0.15) is 5.82 Å². The standard InChI is InChI=1S/C18H23N3/c1-13(2)19-9-15-8-14(3)18(20-10-15)21-11-16-6-4-5-7-17(16)12-21/h4-8,10,13,19H,9,11-12H2,1-3H3. The van der Waals surface area contributed by atoms with Crippen LogP contribution in [0.5, 0.6) is 0 Å². The maximum absolute atomic E-state index is 4.71. The molecule has 1 N–H and O–H groups in total. The van der Waals surface area contributed by atoms with Gasteiger partial charge in [0.15, 0.2) is 0 Å². The second-order valence-corrected chi connectivity index (χ2v) is 6.14. The van der Waals surface area contributed by atoms with E-state index in [0.29, 0.717) is 6.04 Å². The van der Waals surface area contributed by atoms with Crippen molar-refractivity contribution in [2.24, 2.45) is 0 Å². The Morgan fingerprint density at radius 1 is 1.19 bits per heavy atom. The summed E-state index contributed by atoms with van der Waals surface area (Å²) in [7, 11) is 0. The maximum atomic E-state index is 4.71. The molecule has 3 rings (SSSR count). The SMILES string of the molecule is Cc1cc(CNC(C)C)cnc1N1Cc2ccccc2C1. The zero-order valence-corrected chi connectivity index (χ0v) is 13.1. The summed E-state index contributed by atoms with van der Waals surface area (Å²) in [5.74, 6) is 1.11. The lowest BCUT2D eigenvalue weighted by Gasteiger charge is -2.19. The van der Waals surface area contributed by atoms with Crippen molar-refractivity contribution in [3.05, 3.63) is 58.8 Å². The molecule has 0 fully saturated rings. The summed E-state index contributed by atoms with van der Waals surface area (Å²) < 4.78 is 0. The lowest BCUT2D eigenvalue weighted by atomic mass is 10.1. The summed E-state index contributed by atoms with van der Waals surface area (Å²) in [5.41, 5.74) is 5.35. The number of aromatic nitrogens is 1. The molecule has 1 aromatic heterocycles. The summed E-state index contributed by atoms with van der Waals surface area (Å²) in [6.07, 6.45) is 2.00. The molecule has 0 saturated heterocycles. The number of nitrogens with zero attached hydrogens (tertiary/aromatic N) is 2. The molecule has 2 heterocycles. The van der Waals surface area contributed by atoms with Gasteiger partial charge in [-0.3, -0.25) is 0 Å². The van der Waals surface area contributed by atoms with E-state index in [1.807, 2.05) is 6.20 Å². The summed E-state index contributed by atoms with van der Waals surface area (Å²) in [4.78, 5) is 7.07. The van der Waals surface area contributed by atoms with Crippen LogP contribution in [0.15, 0.2) is 36.5 Å². The van der Waals surface area contributed by atoms with Crippen LogP contribution in [0.3, 0.4) is 0 Å². The van der Waals surface area contributed by atoms with Crippen LogP contribution in [0.1, 0.15) is 36.1 Å². The lowest BCUT2D eigenvalue weighted by Crippen LogP contribution is -2.22. The van der Waals surface area contributed by atoms with Crippen molar-refractivity contribution in [2.75, 3.05) is 4.90 Å². The number of hydrogen-bond donors (Lipinski definition) is 1. The van der Waals surface area contributed by atoms with E-state index in [4.69, 9.17) is 4.98 Å². The fourth-order valence-electron chi connectivity index (χ4n) is 2.86. The van der Waals surface area contributed by atoms with Crippen molar-refractivity contribution >= 4 is 5.82 Å². The molecule has 0 unspecified atom stereocenters. The Morgan fingerprint density at radius 3 is 2.43 bits per heavy atom. The average molecular weight is 281 g/mol. The largest absolute Gasteiger partial charge is 0.348 e. The van der Waals surface area contributed by atoms with Gasteiger partial charge in [-0.2, -0.15) is 0 Å². The Morgan fingerprint density at radius 2 is 1.86 bits per heavy atom. The van der Waals surface area contributed by atoms with E-state index in [1.54, 1.807) is 0 Å². The van der Waals surface area contributed by atoms with Gasteiger partial charge in [0.25, 0.3) is 0 Å². The van der Waals surface area contributed by atoms with Gasteiger partial charge < -0.3 is 10.2 Å². The first-order valence-electron chi connectivity index (χ1n) is 7.64. The van der Waals surface area contributed by atoms with Crippen LogP contribution >= 0.6 is 0 Å². The second-order valence-electron chi connectivity index (χ2n) is 6.14. The average Bonchev–Trinajstić information content (AvgIpc) is 2.88. The molecule has 21 heavy (non-hydrogen) atoms. The topological polar surface area (TPSA) is 28.2 Å². The first kappa shape index (κ1) is 14.1.